The fraction of sp³-hybridized carbons (Fsp3) is 1.00. The predicted molar refractivity (Wildman–Crippen MR) is 73.0 cm³/mol. The number of aliphatic hydroxyl groups is 1. The van der Waals surface area contributed by atoms with Crippen LogP contribution in [0.5, 0.6) is 0 Å². The molecule has 0 aromatic rings. The van der Waals surface area contributed by atoms with E-state index in [-0.39, 0.29) is 0 Å². The van der Waals surface area contributed by atoms with Gasteiger partial charge >= 0.3 is 0 Å². The Morgan fingerprint density at radius 1 is 1.35 bits per heavy atom. The molecule has 3 atom stereocenters. The van der Waals surface area contributed by atoms with Gasteiger partial charge in [-0.1, -0.05) is 6.92 Å². The standard InChI is InChI=1S/C14H30N2O/c1-4-13-8-7-12(2)16(13)10-6-5-9-14(3,17)11-15/h12-13,17H,4-11,15H2,1-3H3. The molecule has 0 radical (unpaired) electrons. The van der Waals surface area contributed by atoms with Crippen LogP contribution in [0.1, 0.15) is 59.3 Å². The Kier molecular flexibility index (Phi) is 5.90. The Labute approximate surface area is 106 Å². The van der Waals surface area contributed by atoms with E-state index in [4.69, 9.17) is 5.73 Å². The molecule has 3 heteroatoms. The molecule has 102 valence electrons. The van der Waals surface area contributed by atoms with E-state index in [0.29, 0.717) is 6.54 Å². The van der Waals surface area contributed by atoms with Gasteiger partial charge in [0.15, 0.2) is 0 Å². The van der Waals surface area contributed by atoms with Crippen molar-refractivity contribution < 1.29 is 5.11 Å². The molecule has 0 aliphatic carbocycles. The van der Waals surface area contributed by atoms with Crippen LogP contribution in [0.3, 0.4) is 0 Å². The van der Waals surface area contributed by atoms with E-state index in [9.17, 15) is 5.11 Å². The number of nitrogens with zero attached hydrogens (tertiary/aromatic N) is 1. The third kappa shape index (κ3) is 4.57. The van der Waals surface area contributed by atoms with Gasteiger partial charge in [-0.05, 0) is 58.9 Å². The van der Waals surface area contributed by atoms with Gasteiger partial charge in [0.2, 0.25) is 0 Å². The molecule has 1 saturated heterocycles. The molecule has 3 nitrogen and oxygen atoms in total. The van der Waals surface area contributed by atoms with Crippen molar-refractivity contribution in [1.29, 1.82) is 0 Å². The number of hydrogen-bond acceptors (Lipinski definition) is 3. The maximum Gasteiger partial charge on any atom is 0.0741 e. The maximum absolute atomic E-state index is 9.83. The van der Waals surface area contributed by atoms with Crippen molar-refractivity contribution in [3.05, 3.63) is 0 Å². The van der Waals surface area contributed by atoms with Crippen molar-refractivity contribution in [2.45, 2.75) is 77.0 Å². The first kappa shape index (κ1) is 14.9. The summed E-state index contributed by atoms with van der Waals surface area (Å²) in [6.07, 6.45) is 7.05. The average molecular weight is 242 g/mol. The monoisotopic (exact) mass is 242 g/mol. The molecule has 0 saturated carbocycles. The SMILES string of the molecule is CCC1CCC(C)N1CCCCC(C)(O)CN. The zero-order valence-electron chi connectivity index (χ0n) is 11.8. The molecule has 1 aliphatic rings. The second kappa shape index (κ2) is 6.72. The lowest BCUT2D eigenvalue weighted by atomic mass is 9.99. The van der Waals surface area contributed by atoms with Crippen LogP contribution in [0.4, 0.5) is 0 Å². The van der Waals surface area contributed by atoms with E-state index in [1.807, 2.05) is 6.92 Å². The molecule has 3 unspecified atom stereocenters. The third-order valence-corrected chi connectivity index (χ3v) is 4.25. The molecule has 0 spiro atoms. The zero-order valence-corrected chi connectivity index (χ0v) is 11.8. The summed E-state index contributed by atoms with van der Waals surface area (Å²) < 4.78 is 0. The minimum atomic E-state index is -0.666. The number of likely N-dealkylation sites (tertiary alicyclic amines) is 1. The highest BCUT2D eigenvalue weighted by atomic mass is 16.3. The first-order chi connectivity index (χ1) is 8.00. The van der Waals surface area contributed by atoms with Gasteiger partial charge in [0.05, 0.1) is 5.60 Å². The molecule has 1 rings (SSSR count). The molecule has 0 bridgehead atoms. The lowest BCUT2D eigenvalue weighted by Crippen LogP contribution is -2.36. The van der Waals surface area contributed by atoms with E-state index in [0.717, 1.165) is 24.9 Å². The minimum absolute atomic E-state index is 0.366. The molecule has 1 fully saturated rings. The van der Waals surface area contributed by atoms with E-state index in [2.05, 4.69) is 18.7 Å². The van der Waals surface area contributed by atoms with Crippen molar-refractivity contribution in [2.75, 3.05) is 13.1 Å². The van der Waals surface area contributed by atoms with Gasteiger partial charge < -0.3 is 10.8 Å². The fourth-order valence-corrected chi connectivity index (χ4v) is 2.87. The largest absolute Gasteiger partial charge is 0.389 e. The Morgan fingerprint density at radius 3 is 2.65 bits per heavy atom. The van der Waals surface area contributed by atoms with E-state index >= 15 is 0 Å². The van der Waals surface area contributed by atoms with Crippen LogP contribution in [0.2, 0.25) is 0 Å². The smallest absolute Gasteiger partial charge is 0.0741 e. The quantitative estimate of drug-likeness (QED) is 0.672. The van der Waals surface area contributed by atoms with Gasteiger partial charge in [-0.2, -0.15) is 0 Å². The summed E-state index contributed by atoms with van der Waals surface area (Å²) in [6.45, 7) is 8.01. The van der Waals surface area contributed by atoms with Gasteiger partial charge in [-0.3, -0.25) is 4.90 Å². The highest BCUT2D eigenvalue weighted by molar-refractivity contribution is 4.84. The van der Waals surface area contributed by atoms with Crippen molar-refractivity contribution in [1.82, 2.24) is 4.90 Å². The summed E-state index contributed by atoms with van der Waals surface area (Å²) in [5, 5.41) is 9.83. The van der Waals surface area contributed by atoms with Crippen molar-refractivity contribution in [3.8, 4) is 0 Å². The lowest BCUT2D eigenvalue weighted by molar-refractivity contribution is 0.0557. The van der Waals surface area contributed by atoms with Crippen LogP contribution in [-0.4, -0.2) is 40.8 Å². The summed E-state index contributed by atoms with van der Waals surface area (Å²) in [4.78, 5) is 2.65. The Bertz CT molecular complexity index is 218. The molecule has 1 aliphatic heterocycles. The average Bonchev–Trinajstić information content (AvgIpc) is 2.66. The second-order valence-electron chi connectivity index (χ2n) is 5.88. The normalized spacial score (nSPS) is 29.5. The summed E-state index contributed by atoms with van der Waals surface area (Å²) in [5.74, 6) is 0. The highest BCUT2D eigenvalue weighted by Gasteiger charge is 2.28. The predicted octanol–water partition coefficient (Wildman–Crippen LogP) is 2.13. The Hall–Kier alpha value is -0.120. The number of hydrogen-bond donors (Lipinski definition) is 2. The molecule has 0 aromatic carbocycles. The van der Waals surface area contributed by atoms with Crippen LogP contribution in [0.15, 0.2) is 0 Å². The first-order valence-electron chi connectivity index (χ1n) is 7.18. The van der Waals surface area contributed by atoms with Crippen LogP contribution in [-0.2, 0) is 0 Å². The minimum Gasteiger partial charge on any atom is -0.389 e. The molecule has 0 amide bonds. The molecule has 3 N–H and O–H groups in total. The van der Waals surface area contributed by atoms with Crippen LogP contribution < -0.4 is 5.73 Å². The Morgan fingerprint density at radius 2 is 2.06 bits per heavy atom. The van der Waals surface area contributed by atoms with E-state index < -0.39 is 5.60 Å². The fourth-order valence-electron chi connectivity index (χ4n) is 2.87. The number of rotatable bonds is 7. The molecular weight excluding hydrogens is 212 g/mol. The highest BCUT2D eigenvalue weighted by Crippen LogP contribution is 2.26. The van der Waals surface area contributed by atoms with Crippen molar-refractivity contribution >= 4 is 0 Å². The number of unbranched alkanes of at least 4 members (excludes halogenated alkanes) is 1. The lowest BCUT2D eigenvalue weighted by Gasteiger charge is -2.28. The zero-order chi connectivity index (χ0) is 12.9. The van der Waals surface area contributed by atoms with Gasteiger partial charge in [-0.25, -0.2) is 0 Å². The second-order valence-corrected chi connectivity index (χ2v) is 5.88. The van der Waals surface area contributed by atoms with E-state index in [1.54, 1.807) is 0 Å². The maximum atomic E-state index is 9.83. The van der Waals surface area contributed by atoms with Crippen LogP contribution >= 0.6 is 0 Å². The summed E-state index contributed by atoms with van der Waals surface area (Å²) in [7, 11) is 0. The first-order valence-corrected chi connectivity index (χ1v) is 7.18. The van der Waals surface area contributed by atoms with E-state index in [1.165, 1.54) is 32.2 Å². The van der Waals surface area contributed by atoms with Crippen LogP contribution in [0.25, 0.3) is 0 Å². The molecular formula is C14H30N2O. The summed E-state index contributed by atoms with van der Waals surface area (Å²) in [6, 6.07) is 1.54. The Balaban J connectivity index is 2.21. The van der Waals surface area contributed by atoms with Crippen LogP contribution in [0, 0.1) is 0 Å². The molecule has 17 heavy (non-hydrogen) atoms. The number of nitrogens with two attached hydrogens (primary N) is 1. The topological polar surface area (TPSA) is 49.5 Å². The van der Waals surface area contributed by atoms with Gasteiger partial charge in [0.1, 0.15) is 0 Å². The van der Waals surface area contributed by atoms with Gasteiger partial charge in [0.25, 0.3) is 0 Å². The van der Waals surface area contributed by atoms with Gasteiger partial charge in [-0.15, -0.1) is 0 Å². The third-order valence-electron chi connectivity index (χ3n) is 4.25. The molecule has 1 heterocycles. The van der Waals surface area contributed by atoms with Crippen molar-refractivity contribution in [3.63, 3.8) is 0 Å². The summed E-state index contributed by atoms with van der Waals surface area (Å²) in [5.41, 5.74) is 4.85. The summed E-state index contributed by atoms with van der Waals surface area (Å²) >= 11 is 0. The van der Waals surface area contributed by atoms with Crippen molar-refractivity contribution in [2.24, 2.45) is 5.73 Å². The van der Waals surface area contributed by atoms with Gasteiger partial charge in [0, 0.05) is 18.6 Å². The molecule has 0 aromatic heterocycles.